The lowest BCUT2D eigenvalue weighted by atomic mass is 9.84. The summed E-state index contributed by atoms with van der Waals surface area (Å²) in [5.41, 5.74) is 0. The van der Waals surface area contributed by atoms with Crippen LogP contribution in [0.2, 0.25) is 0 Å². The molecule has 3 heteroatoms. The summed E-state index contributed by atoms with van der Waals surface area (Å²) in [6, 6.07) is 0.287. The Bertz CT molecular complexity index is 240. The summed E-state index contributed by atoms with van der Waals surface area (Å²) in [6.07, 6.45) is 3.75. The molecule has 1 fully saturated rings. The van der Waals surface area contributed by atoms with Gasteiger partial charge in [-0.2, -0.15) is 0 Å². The fourth-order valence-corrected chi connectivity index (χ4v) is 2.01. The summed E-state index contributed by atoms with van der Waals surface area (Å²) in [7, 11) is 0. The highest BCUT2D eigenvalue weighted by atomic mass is 16.2. The number of hydrogen-bond acceptors (Lipinski definition) is 2. The van der Waals surface area contributed by atoms with Gasteiger partial charge in [-0.25, -0.2) is 0 Å². The van der Waals surface area contributed by atoms with Crippen molar-refractivity contribution < 1.29 is 9.59 Å². The van der Waals surface area contributed by atoms with Crippen molar-refractivity contribution in [1.82, 2.24) is 5.32 Å². The Morgan fingerprint density at radius 3 is 2.07 bits per heavy atom. The van der Waals surface area contributed by atoms with Crippen molar-refractivity contribution in [3.05, 3.63) is 0 Å². The maximum atomic E-state index is 11.4. The van der Waals surface area contributed by atoms with E-state index in [0.29, 0.717) is 5.78 Å². The van der Waals surface area contributed by atoms with E-state index in [1.807, 2.05) is 13.8 Å². The molecule has 0 radical (unpaired) electrons. The molecule has 0 heterocycles. The summed E-state index contributed by atoms with van der Waals surface area (Å²) in [6.45, 7) is 5.46. The standard InChI is InChI=1S/C12H21NO2/c1-8(2)12(15)13-11-6-4-10(5-7-11)9(3)14/h8,10-11H,4-7H2,1-3H3,(H,13,15)/t10-,11-. The number of Topliss-reactive ketones (excluding diaryl/α,β-unsaturated/α-hetero) is 1. The van der Waals surface area contributed by atoms with Crippen LogP contribution >= 0.6 is 0 Å². The van der Waals surface area contributed by atoms with E-state index in [9.17, 15) is 9.59 Å². The minimum Gasteiger partial charge on any atom is -0.353 e. The van der Waals surface area contributed by atoms with Crippen molar-refractivity contribution in [2.24, 2.45) is 11.8 Å². The first-order chi connectivity index (χ1) is 7.00. The first-order valence-electron chi connectivity index (χ1n) is 5.81. The van der Waals surface area contributed by atoms with E-state index in [4.69, 9.17) is 0 Å². The Kier molecular flexibility index (Phi) is 4.30. The lowest BCUT2D eigenvalue weighted by Gasteiger charge is -2.28. The van der Waals surface area contributed by atoms with E-state index in [2.05, 4.69) is 5.32 Å². The van der Waals surface area contributed by atoms with E-state index in [1.165, 1.54) is 0 Å². The minimum absolute atomic E-state index is 0.0514. The molecule has 1 aliphatic carbocycles. The highest BCUT2D eigenvalue weighted by Crippen LogP contribution is 2.24. The fraction of sp³-hybridized carbons (Fsp3) is 0.833. The smallest absolute Gasteiger partial charge is 0.222 e. The average Bonchev–Trinajstić information content (AvgIpc) is 2.18. The zero-order chi connectivity index (χ0) is 11.4. The maximum absolute atomic E-state index is 11.4. The molecule has 0 aromatic heterocycles. The fourth-order valence-electron chi connectivity index (χ4n) is 2.01. The van der Waals surface area contributed by atoms with Crippen LogP contribution in [0.5, 0.6) is 0 Å². The third kappa shape index (κ3) is 3.65. The molecular weight excluding hydrogens is 190 g/mol. The van der Waals surface area contributed by atoms with E-state index < -0.39 is 0 Å². The molecule has 1 amide bonds. The normalized spacial score (nSPS) is 26.4. The molecule has 1 rings (SSSR count). The monoisotopic (exact) mass is 211 g/mol. The van der Waals surface area contributed by atoms with Gasteiger partial charge in [-0.05, 0) is 32.6 Å². The molecule has 1 saturated carbocycles. The Hall–Kier alpha value is -0.860. The summed E-state index contributed by atoms with van der Waals surface area (Å²) >= 11 is 0. The van der Waals surface area contributed by atoms with Crippen molar-refractivity contribution in [3.63, 3.8) is 0 Å². The SMILES string of the molecule is CC(=O)[C@H]1CC[C@H](NC(=O)C(C)C)CC1. The molecule has 15 heavy (non-hydrogen) atoms. The van der Waals surface area contributed by atoms with Crippen LogP contribution in [0.1, 0.15) is 46.5 Å². The van der Waals surface area contributed by atoms with Crippen LogP contribution in [0.4, 0.5) is 0 Å². The third-order valence-electron chi connectivity index (χ3n) is 3.17. The van der Waals surface area contributed by atoms with E-state index >= 15 is 0 Å². The molecule has 0 aliphatic heterocycles. The molecule has 0 unspecified atom stereocenters. The summed E-state index contributed by atoms with van der Waals surface area (Å²) < 4.78 is 0. The van der Waals surface area contributed by atoms with E-state index in [-0.39, 0.29) is 23.8 Å². The zero-order valence-corrected chi connectivity index (χ0v) is 9.88. The van der Waals surface area contributed by atoms with Crippen molar-refractivity contribution in [2.45, 2.75) is 52.5 Å². The van der Waals surface area contributed by atoms with Gasteiger partial charge >= 0.3 is 0 Å². The molecule has 0 saturated heterocycles. The molecule has 0 bridgehead atoms. The Balaban J connectivity index is 2.32. The van der Waals surface area contributed by atoms with Crippen molar-refractivity contribution in [1.29, 1.82) is 0 Å². The van der Waals surface area contributed by atoms with Gasteiger partial charge in [0.2, 0.25) is 5.91 Å². The number of nitrogens with one attached hydrogen (secondary N) is 1. The summed E-state index contributed by atoms with van der Waals surface area (Å²) in [5.74, 6) is 0.706. The quantitative estimate of drug-likeness (QED) is 0.775. The average molecular weight is 211 g/mol. The highest BCUT2D eigenvalue weighted by molar-refractivity contribution is 5.79. The van der Waals surface area contributed by atoms with E-state index in [0.717, 1.165) is 25.7 Å². The number of ketones is 1. The molecule has 0 aromatic carbocycles. The van der Waals surface area contributed by atoms with Crippen LogP contribution in [0.15, 0.2) is 0 Å². The second-order valence-corrected chi connectivity index (χ2v) is 4.82. The van der Waals surface area contributed by atoms with Crippen LogP contribution < -0.4 is 5.32 Å². The second kappa shape index (κ2) is 5.29. The van der Waals surface area contributed by atoms with Crippen LogP contribution in [0.25, 0.3) is 0 Å². The highest BCUT2D eigenvalue weighted by Gasteiger charge is 2.25. The Morgan fingerprint density at radius 1 is 1.13 bits per heavy atom. The molecule has 1 N–H and O–H groups in total. The Morgan fingerprint density at radius 2 is 1.67 bits per heavy atom. The molecule has 1 aliphatic rings. The van der Waals surface area contributed by atoms with Crippen molar-refractivity contribution >= 4 is 11.7 Å². The molecule has 3 nitrogen and oxygen atoms in total. The molecule has 86 valence electrons. The van der Waals surface area contributed by atoms with Gasteiger partial charge in [0, 0.05) is 17.9 Å². The van der Waals surface area contributed by atoms with Gasteiger partial charge in [-0.1, -0.05) is 13.8 Å². The zero-order valence-electron chi connectivity index (χ0n) is 9.88. The van der Waals surface area contributed by atoms with Gasteiger partial charge in [0.25, 0.3) is 0 Å². The predicted octanol–water partition coefficient (Wildman–Crippen LogP) is 1.91. The molecule has 0 aromatic rings. The molecular formula is C12H21NO2. The Labute approximate surface area is 91.6 Å². The van der Waals surface area contributed by atoms with Gasteiger partial charge < -0.3 is 5.32 Å². The topological polar surface area (TPSA) is 46.2 Å². The number of carbonyl (C=O) groups is 2. The van der Waals surface area contributed by atoms with Crippen LogP contribution in [-0.2, 0) is 9.59 Å². The third-order valence-corrected chi connectivity index (χ3v) is 3.17. The molecule has 0 atom stereocenters. The maximum Gasteiger partial charge on any atom is 0.222 e. The molecule has 0 spiro atoms. The van der Waals surface area contributed by atoms with Crippen LogP contribution in [-0.4, -0.2) is 17.7 Å². The van der Waals surface area contributed by atoms with Crippen molar-refractivity contribution in [3.8, 4) is 0 Å². The largest absolute Gasteiger partial charge is 0.353 e. The van der Waals surface area contributed by atoms with Gasteiger partial charge in [0.15, 0.2) is 0 Å². The number of amides is 1. The lowest BCUT2D eigenvalue weighted by Crippen LogP contribution is -2.40. The minimum atomic E-state index is 0.0514. The number of hydrogen-bond donors (Lipinski definition) is 1. The van der Waals surface area contributed by atoms with Crippen molar-refractivity contribution in [2.75, 3.05) is 0 Å². The predicted molar refractivity (Wildman–Crippen MR) is 59.4 cm³/mol. The van der Waals surface area contributed by atoms with Crippen LogP contribution in [0, 0.1) is 11.8 Å². The summed E-state index contributed by atoms with van der Waals surface area (Å²) in [5, 5.41) is 3.03. The van der Waals surface area contributed by atoms with Crippen LogP contribution in [0.3, 0.4) is 0 Å². The van der Waals surface area contributed by atoms with Gasteiger partial charge in [-0.15, -0.1) is 0 Å². The van der Waals surface area contributed by atoms with Gasteiger partial charge in [-0.3, -0.25) is 9.59 Å². The van der Waals surface area contributed by atoms with Gasteiger partial charge in [0.1, 0.15) is 5.78 Å². The first kappa shape index (κ1) is 12.2. The number of rotatable bonds is 3. The number of carbonyl (C=O) groups excluding carboxylic acids is 2. The second-order valence-electron chi connectivity index (χ2n) is 4.82. The van der Waals surface area contributed by atoms with E-state index in [1.54, 1.807) is 6.92 Å². The first-order valence-corrected chi connectivity index (χ1v) is 5.81. The summed E-state index contributed by atoms with van der Waals surface area (Å²) in [4.78, 5) is 22.6. The van der Waals surface area contributed by atoms with Gasteiger partial charge in [0.05, 0.1) is 0 Å². The lowest BCUT2D eigenvalue weighted by molar-refractivity contribution is -0.125.